The molecule has 0 aliphatic carbocycles. The second-order valence-corrected chi connectivity index (χ2v) is 5.33. The molecule has 21 heavy (non-hydrogen) atoms. The highest BCUT2D eigenvalue weighted by Gasteiger charge is 2.08. The van der Waals surface area contributed by atoms with Crippen molar-refractivity contribution in [2.45, 2.75) is 19.4 Å². The van der Waals surface area contributed by atoms with Gasteiger partial charge in [-0.1, -0.05) is 29.8 Å². The summed E-state index contributed by atoms with van der Waals surface area (Å²) in [6.45, 7) is 2.23. The lowest BCUT2D eigenvalue weighted by atomic mass is 10.1. The molecule has 0 amide bonds. The highest BCUT2D eigenvalue weighted by Crippen LogP contribution is 2.31. The Bertz CT molecular complexity index is 584. The van der Waals surface area contributed by atoms with Crippen molar-refractivity contribution >= 4 is 11.6 Å². The molecule has 2 N–H and O–H groups in total. The van der Waals surface area contributed by atoms with Gasteiger partial charge in [-0.05, 0) is 55.8 Å². The average molecular weight is 306 g/mol. The number of benzene rings is 2. The van der Waals surface area contributed by atoms with Crippen LogP contribution < -0.4 is 10.1 Å². The number of aliphatic hydroxyl groups is 1. The SMILES string of the molecule is CNC(C)c1ccc(Oc2ccc(CCO)cc2)c(Cl)c1. The first-order valence-electron chi connectivity index (χ1n) is 6.98. The van der Waals surface area contributed by atoms with E-state index in [0.717, 1.165) is 16.9 Å². The molecule has 112 valence electrons. The summed E-state index contributed by atoms with van der Waals surface area (Å²) in [6, 6.07) is 13.7. The van der Waals surface area contributed by atoms with E-state index in [4.69, 9.17) is 21.4 Å². The van der Waals surface area contributed by atoms with E-state index in [9.17, 15) is 0 Å². The van der Waals surface area contributed by atoms with Gasteiger partial charge in [-0.15, -0.1) is 0 Å². The van der Waals surface area contributed by atoms with Crippen LogP contribution in [0.5, 0.6) is 11.5 Å². The zero-order valence-corrected chi connectivity index (χ0v) is 13.0. The summed E-state index contributed by atoms with van der Waals surface area (Å²) in [4.78, 5) is 0. The van der Waals surface area contributed by atoms with E-state index < -0.39 is 0 Å². The summed E-state index contributed by atoms with van der Waals surface area (Å²) < 4.78 is 5.80. The maximum absolute atomic E-state index is 8.90. The Morgan fingerprint density at radius 3 is 2.48 bits per heavy atom. The van der Waals surface area contributed by atoms with Crippen LogP contribution in [-0.2, 0) is 6.42 Å². The number of hydrogen-bond donors (Lipinski definition) is 2. The van der Waals surface area contributed by atoms with E-state index in [1.807, 2.05) is 49.5 Å². The third-order valence-corrected chi connectivity index (χ3v) is 3.74. The molecular weight excluding hydrogens is 286 g/mol. The standard InChI is InChI=1S/C17H20ClNO2/c1-12(19-2)14-5-8-17(16(18)11-14)21-15-6-3-13(4-7-15)9-10-20/h3-8,11-12,19-20H,9-10H2,1-2H3. The van der Waals surface area contributed by atoms with E-state index in [0.29, 0.717) is 17.2 Å². The highest BCUT2D eigenvalue weighted by molar-refractivity contribution is 6.32. The molecule has 0 heterocycles. The van der Waals surface area contributed by atoms with Crippen molar-refractivity contribution in [3.8, 4) is 11.5 Å². The van der Waals surface area contributed by atoms with Gasteiger partial charge in [0.05, 0.1) is 5.02 Å². The summed E-state index contributed by atoms with van der Waals surface area (Å²) in [5.41, 5.74) is 2.20. The second kappa shape index (κ2) is 7.46. The third kappa shape index (κ3) is 4.21. The highest BCUT2D eigenvalue weighted by atomic mass is 35.5. The Morgan fingerprint density at radius 1 is 1.19 bits per heavy atom. The van der Waals surface area contributed by atoms with E-state index in [2.05, 4.69) is 12.2 Å². The first-order valence-corrected chi connectivity index (χ1v) is 7.36. The molecule has 0 saturated carbocycles. The van der Waals surface area contributed by atoms with Gasteiger partial charge in [-0.25, -0.2) is 0 Å². The van der Waals surface area contributed by atoms with Crippen molar-refractivity contribution in [3.63, 3.8) is 0 Å². The molecule has 0 radical (unpaired) electrons. The summed E-state index contributed by atoms with van der Waals surface area (Å²) in [6.07, 6.45) is 0.650. The van der Waals surface area contributed by atoms with Gasteiger partial charge in [-0.2, -0.15) is 0 Å². The van der Waals surface area contributed by atoms with Gasteiger partial charge in [-0.3, -0.25) is 0 Å². The van der Waals surface area contributed by atoms with Crippen molar-refractivity contribution < 1.29 is 9.84 Å². The number of halogens is 1. The predicted octanol–water partition coefficient (Wildman–Crippen LogP) is 3.95. The van der Waals surface area contributed by atoms with Gasteiger partial charge in [0, 0.05) is 12.6 Å². The molecule has 3 nitrogen and oxygen atoms in total. The predicted molar refractivity (Wildman–Crippen MR) is 86.2 cm³/mol. The maximum atomic E-state index is 8.90. The zero-order valence-electron chi connectivity index (χ0n) is 12.3. The van der Waals surface area contributed by atoms with Gasteiger partial charge >= 0.3 is 0 Å². The molecule has 4 heteroatoms. The largest absolute Gasteiger partial charge is 0.456 e. The van der Waals surface area contributed by atoms with Crippen LogP contribution in [0.25, 0.3) is 0 Å². The van der Waals surface area contributed by atoms with Crippen LogP contribution in [0.3, 0.4) is 0 Å². The van der Waals surface area contributed by atoms with Crippen molar-refractivity contribution in [3.05, 3.63) is 58.6 Å². The van der Waals surface area contributed by atoms with Gasteiger partial charge in [0.1, 0.15) is 11.5 Å². The minimum absolute atomic E-state index is 0.150. The van der Waals surface area contributed by atoms with Crippen molar-refractivity contribution in [2.24, 2.45) is 0 Å². The van der Waals surface area contributed by atoms with Crippen molar-refractivity contribution in [2.75, 3.05) is 13.7 Å². The summed E-state index contributed by atoms with van der Waals surface area (Å²) in [7, 11) is 1.91. The molecule has 1 unspecified atom stereocenters. The number of rotatable bonds is 6. The van der Waals surface area contributed by atoms with Crippen molar-refractivity contribution in [1.29, 1.82) is 0 Å². The van der Waals surface area contributed by atoms with E-state index in [1.54, 1.807) is 0 Å². The molecule has 2 aromatic rings. The zero-order chi connectivity index (χ0) is 15.2. The molecule has 2 rings (SSSR count). The fourth-order valence-corrected chi connectivity index (χ4v) is 2.24. The smallest absolute Gasteiger partial charge is 0.146 e. The Morgan fingerprint density at radius 2 is 1.90 bits per heavy atom. The minimum atomic E-state index is 0.150. The Hall–Kier alpha value is -1.55. The first-order chi connectivity index (χ1) is 10.1. The lowest BCUT2D eigenvalue weighted by Crippen LogP contribution is -2.12. The van der Waals surface area contributed by atoms with Crippen LogP contribution in [0.1, 0.15) is 24.1 Å². The van der Waals surface area contributed by atoms with Crippen LogP contribution in [0.4, 0.5) is 0 Å². The normalized spacial score (nSPS) is 12.2. The topological polar surface area (TPSA) is 41.5 Å². The molecule has 1 atom stereocenters. The molecular formula is C17H20ClNO2. The van der Waals surface area contributed by atoms with E-state index >= 15 is 0 Å². The quantitative estimate of drug-likeness (QED) is 0.849. The van der Waals surface area contributed by atoms with E-state index in [-0.39, 0.29) is 12.6 Å². The summed E-state index contributed by atoms with van der Waals surface area (Å²) >= 11 is 6.28. The van der Waals surface area contributed by atoms with Crippen LogP contribution >= 0.6 is 11.6 Å². The molecule has 0 aliphatic rings. The molecule has 0 saturated heterocycles. The fourth-order valence-electron chi connectivity index (χ4n) is 2.02. The molecule has 0 aliphatic heterocycles. The number of aliphatic hydroxyl groups excluding tert-OH is 1. The molecule has 0 spiro atoms. The van der Waals surface area contributed by atoms with Gasteiger partial charge in [0.15, 0.2) is 0 Å². The average Bonchev–Trinajstić information content (AvgIpc) is 2.50. The number of nitrogens with one attached hydrogen (secondary N) is 1. The van der Waals surface area contributed by atoms with Crippen LogP contribution in [-0.4, -0.2) is 18.8 Å². The van der Waals surface area contributed by atoms with Gasteiger partial charge in [0.25, 0.3) is 0 Å². The van der Waals surface area contributed by atoms with Gasteiger partial charge < -0.3 is 15.2 Å². The Balaban J connectivity index is 2.12. The molecule has 0 fully saturated rings. The monoisotopic (exact) mass is 305 g/mol. The van der Waals surface area contributed by atoms with Crippen LogP contribution in [0, 0.1) is 0 Å². The number of hydrogen-bond acceptors (Lipinski definition) is 3. The lowest BCUT2D eigenvalue weighted by molar-refractivity contribution is 0.299. The summed E-state index contributed by atoms with van der Waals surface area (Å²) in [5, 5.41) is 12.7. The van der Waals surface area contributed by atoms with Gasteiger partial charge in [0.2, 0.25) is 0 Å². The molecule has 0 bridgehead atoms. The van der Waals surface area contributed by atoms with Crippen molar-refractivity contribution in [1.82, 2.24) is 5.32 Å². The maximum Gasteiger partial charge on any atom is 0.146 e. The first kappa shape index (κ1) is 15.8. The summed E-state index contributed by atoms with van der Waals surface area (Å²) in [5.74, 6) is 1.37. The molecule has 0 aromatic heterocycles. The molecule has 2 aromatic carbocycles. The van der Waals surface area contributed by atoms with Crippen LogP contribution in [0.15, 0.2) is 42.5 Å². The van der Waals surface area contributed by atoms with E-state index in [1.165, 1.54) is 0 Å². The fraction of sp³-hybridized carbons (Fsp3) is 0.294. The Labute approximate surface area is 130 Å². The van der Waals surface area contributed by atoms with Crippen LogP contribution in [0.2, 0.25) is 5.02 Å². The number of ether oxygens (including phenoxy) is 1. The Kier molecular flexibility index (Phi) is 5.62. The third-order valence-electron chi connectivity index (χ3n) is 3.44. The second-order valence-electron chi connectivity index (χ2n) is 4.92. The minimum Gasteiger partial charge on any atom is -0.456 e. The lowest BCUT2D eigenvalue weighted by Gasteiger charge is -2.13.